The lowest BCUT2D eigenvalue weighted by atomic mass is 10.1. The fraction of sp³-hybridized carbons (Fsp3) is 0.533. The average molecular weight is 391 g/mol. The molecule has 0 aromatic heterocycles. The van der Waals surface area contributed by atoms with Crippen LogP contribution in [0.4, 0.5) is 0 Å². The summed E-state index contributed by atoms with van der Waals surface area (Å²) in [5.74, 6) is 2.42. The van der Waals surface area contributed by atoms with Crippen molar-refractivity contribution >= 4 is 29.9 Å². The van der Waals surface area contributed by atoms with Gasteiger partial charge in [0.15, 0.2) is 5.96 Å². The molecule has 114 valence electrons. The van der Waals surface area contributed by atoms with Crippen LogP contribution in [0.2, 0.25) is 0 Å². The summed E-state index contributed by atoms with van der Waals surface area (Å²) >= 11 is 0. The molecule has 1 aromatic carbocycles. The van der Waals surface area contributed by atoms with Crippen molar-refractivity contribution in [3.8, 4) is 5.75 Å². The number of aliphatic imine (C=N–C) groups is 1. The lowest BCUT2D eigenvalue weighted by Gasteiger charge is -2.13. The molecule has 0 aliphatic carbocycles. The van der Waals surface area contributed by atoms with Gasteiger partial charge < -0.3 is 15.4 Å². The summed E-state index contributed by atoms with van der Waals surface area (Å²) in [6.45, 7) is 6.13. The lowest BCUT2D eigenvalue weighted by molar-refractivity contribution is 0.414. The zero-order chi connectivity index (χ0) is 14.1. The van der Waals surface area contributed by atoms with Gasteiger partial charge in [0, 0.05) is 20.1 Å². The highest BCUT2D eigenvalue weighted by atomic mass is 127. The third-order valence-electron chi connectivity index (χ3n) is 2.86. The second-order valence-corrected chi connectivity index (χ2v) is 4.88. The van der Waals surface area contributed by atoms with E-state index in [0.29, 0.717) is 5.92 Å². The number of hydrogen-bond donors (Lipinski definition) is 2. The molecule has 0 bridgehead atoms. The van der Waals surface area contributed by atoms with Crippen LogP contribution in [0, 0.1) is 5.92 Å². The predicted octanol–water partition coefficient (Wildman–Crippen LogP) is 3.02. The van der Waals surface area contributed by atoms with E-state index in [4.69, 9.17) is 4.74 Å². The lowest BCUT2D eigenvalue weighted by Crippen LogP contribution is -2.37. The van der Waals surface area contributed by atoms with Gasteiger partial charge in [-0.3, -0.25) is 4.99 Å². The van der Waals surface area contributed by atoms with Crippen LogP contribution < -0.4 is 15.4 Å². The minimum Gasteiger partial charge on any atom is -0.497 e. The third-order valence-corrected chi connectivity index (χ3v) is 2.86. The van der Waals surface area contributed by atoms with E-state index in [9.17, 15) is 0 Å². The van der Waals surface area contributed by atoms with Gasteiger partial charge in [0.25, 0.3) is 0 Å². The van der Waals surface area contributed by atoms with Crippen LogP contribution in [-0.2, 0) is 6.54 Å². The Morgan fingerprint density at radius 3 is 2.35 bits per heavy atom. The summed E-state index contributed by atoms with van der Waals surface area (Å²) in [6, 6.07) is 8.03. The smallest absolute Gasteiger partial charge is 0.191 e. The number of halogens is 1. The van der Waals surface area contributed by atoms with Crippen LogP contribution in [-0.4, -0.2) is 26.7 Å². The Kier molecular flexibility index (Phi) is 10.2. The van der Waals surface area contributed by atoms with E-state index in [2.05, 4.69) is 29.5 Å². The quantitative estimate of drug-likeness (QED) is 0.445. The molecule has 20 heavy (non-hydrogen) atoms. The molecule has 0 atom stereocenters. The first-order valence-electron chi connectivity index (χ1n) is 6.73. The van der Waals surface area contributed by atoms with Gasteiger partial charge in [-0.05, 0) is 30.0 Å². The maximum Gasteiger partial charge on any atom is 0.191 e. The molecule has 0 unspecified atom stereocenters. The zero-order valence-electron chi connectivity index (χ0n) is 12.8. The Morgan fingerprint density at radius 1 is 1.20 bits per heavy atom. The predicted molar refractivity (Wildman–Crippen MR) is 96.1 cm³/mol. The van der Waals surface area contributed by atoms with Gasteiger partial charge >= 0.3 is 0 Å². The summed E-state index contributed by atoms with van der Waals surface area (Å²) in [5, 5.41) is 6.60. The number of ether oxygens (including phenoxy) is 1. The maximum absolute atomic E-state index is 5.13. The standard InChI is InChI=1S/C15H25N3O.HI/c1-12(2)9-10-17-15(16-3)18-11-13-5-7-14(19-4)8-6-13;/h5-8,12H,9-11H2,1-4H3,(H2,16,17,18);1H. The van der Waals surface area contributed by atoms with Crippen LogP contribution in [0.3, 0.4) is 0 Å². The number of methoxy groups -OCH3 is 1. The number of benzene rings is 1. The Bertz CT molecular complexity index is 391. The van der Waals surface area contributed by atoms with E-state index >= 15 is 0 Å². The van der Waals surface area contributed by atoms with Crippen LogP contribution in [0.1, 0.15) is 25.8 Å². The monoisotopic (exact) mass is 391 g/mol. The van der Waals surface area contributed by atoms with Gasteiger partial charge in [-0.2, -0.15) is 0 Å². The minimum atomic E-state index is 0. The maximum atomic E-state index is 5.13. The van der Waals surface area contributed by atoms with Crippen LogP contribution in [0.15, 0.2) is 29.3 Å². The van der Waals surface area contributed by atoms with Crippen molar-refractivity contribution in [2.45, 2.75) is 26.8 Å². The normalized spacial score (nSPS) is 10.9. The second-order valence-electron chi connectivity index (χ2n) is 4.88. The summed E-state index contributed by atoms with van der Waals surface area (Å²) in [4.78, 5) is 4.20. The second kappa shape index (κ2) is 10.8. The summed E-state index contributed by atoms with van der Waals surface area (Å²) in [5.41, 5.74) is 1.20. The van der Waals surface area contributed by atoms with Crippen LogP contribution in [0.25, 0.3) is 0 Å². The van der Waals surface area contributed by atoms with Gasteiger partial charge in [-0.25, -0.2) is 0 Å². The van der Waals surface area contributed by atoms with Crippen molar-refractivity contribution < 1.29 is 4.74 Å². The molecule has 0 saturated heterocycles. The van der Waals surface area contributed by atoms with Crippen LogP contribution >= 0.6 is 24.0 Å². The van der Waals surface area contributed by atoms with Gasteiger partial charge in [0.05, 0.1) is 7.11 Å². The molecule has 0 amide bonds. The number of rotatable bonds is 6. The summed E-state index contributed by atoms with van der Waals surface area (Å²) in [6.07, 6.45) is 1.14. The van der Waals surface area contributed by atoms with E-state index < -0.39 is 0 Å². The van der Waals surface area contributed by atoms with Crippen LogP contribution in [0.5, 0.6) is 5.75 Å². The molecule has 1 aromatic rings. The first-order chi connectivity index (χ1) is 9.15. The Balaban J connectivity index is 0.00000361. The SMILES string of the molecule is CN=C(NCCC(C)C)NCc1ccc(OC)cc1.I. The zero-order valence-corrected chi connectivity index (χ0v) is 15.1. The van der Waals surface area contributed by atoms with E-state index in [1.54, 1.807) is 14.2 Å². The average Bonchev–Trinajstić information content (AvgIpc) is 2.42. The number of nitrogens with one attached hydrogen (secondary N) is 2. The Morgan fingerprint density at radius 2 is 1.85 bits per heavy atom. The van der Waals surface area contributed by atoms with E-state index in [0.717, 1.165) is 31.2 Å². The van der Waals surface area contributed by atoms with Crippen molar-refractivity contribution in [2.24, 2.45) is 10.9 Å². The van der Waals surface area contributed by atoms with Gasteiger partial charge in [-0.15, -0.1) is 24.0 Å². The molecule has 0 spiro atoms. The molecular formula is C15H26IN3O. The largest absolute Gasteiger partial charge is 0.497 e. The molecule has 1 rings (SSSR count). The highest BCUT2D eigenvalue weighted by Crippen LogP contribution is 2.10. The molecule has 0 aliphatic rings. The van der Waals surface area contributed by atoms with Gasteiger partial charge in [0.2, 0.25) is 0 Å². The molecule has 0 heterocycles. The van der Waals surface area contributed by atoms with Crippen molar-refractivity contribution in [1.29, 1.82) is 0 Å². The van der Waals surface area contributed by atoms with E-state index in [1.165, 1.54) is 5.56 Å². The highest BCUT2D eigenvalue weighted by Gasteiger charge is 1.99. The number of hydrogen-bond acceptors (Lipinski definition) is 2. The molecule has 2 N–H and O–H groups in total. The Hall–Kier alpha value is -0.980. The third kappa shape index (κ3) is 7.57. The van der Waals surface area contributed by atoms with Gasteiger partial charge in [0.1, 0.15) is 5.75 Å². The van der Waals surface area contributed by atoms with Gasteiger partial charge in [-0.1, -0.05) is 26.0 Å². The number of guanidine groups is 1. The molecule has 0 aliphatic heterocycles. The highest BCUT2D eigenvalue weighted by molar-refractivity contribution is 14.0. The van der Waals surface area contributed by atoms with E-state index in [1.807, 2.05) is 24.3 Å². The summed E-state index contributed by atoms with van der Waals surface area (Å²) in [7, 11) is 3.46. The Labute approximate surface area is 139 Å². The number of nitrogens with zero attached hydrogens (tertiary/aromatic N) is 1. The molecule has 0 radical (unpaired) electrons. The fourth-order valence-corrected chi connectivity index (χ4v) is 1.63. The first-order valence-corrected chi connectivity index (χ1v) is 6.73. The van der Waals surface area contributed by atoms with E-state index in [-0.39, 0.29) is 24.0 Å². The van der Waals surface area contributed by atoms with Crippen molar-refractivity contribution in [2.75, 3.05) is 20.7 Å². The summed E-state index contributed by atoms with van der Waals surface area (Å²) < 4.78 is 5.13. The molecule has 4 nitrogen and oxygen atoms in total. The van der Waals surface area contributed by atoms with Crippen molar-refractivity contribution in [3.05, 3.63) is 29.8 Å². The molecular weight excluding hydrogens is 365 g/mol. The first kappa shape index (κ1) is 19.0. The topological polar surface area (TPSA) is 45.7 Å². The molecule has 0 saturated carbocycles. The minimum absolute atomic E-state index is 0. The van der Waals surface area contributed by atoms with Crippen molar-refractivity contribution in [3.63, 3.8) is 0 Å². The fourth-order valence-electron chi connectivity index (χ4n) is 1.63. The molecule has 0 fully saturated rings. The molecule has 5 heteroatoms. The van der Waals surface area contributed by atoms with Crippen molar-refractivity contribution in [1.82, 2.24) is 10.6 Å².